The number of anilines is 1. The predicted octanol–water partition coefficient (Wildman–Crippen LogP) is 3.05. The molecule has 5 heteroatoms. The van der Waals surface area contributed by atoms with Gasteiger partial charge in [-0.2, -0.15) is 0 Å². The largest absolute Gasteiger partial charge is 0.497 e. The molecule has 2 heterocycles. The highest BCUT2D eigenvalue weighted by molar-refractivity contribution is 5.85. The summed E-state index contributed by atoms with van der Waals surface area (Å²) in [6.45, 7) is 3.98. The number of carbonyl (C=O) groups is 1. The predicted molar refractivity (Wildman–Crippen MR) is 99.1 cm³/mol. The van der Waals surface area contributed by atoms with Gasteiger partial charge < -0.3 is 15.0 Å². The van der Waals surface area contributed by atoms with Gasteiger partial charge in [0.2, 0.25) is 5.91 Å². The number of fused-ring (bicyclic) bond motifs is 1. The molecule has 1 N–H and O–H groups in total. The number of hydrogen-bond donors (Lipinski definition) is 1. The Morgan fingerprint density at radius 2 is 1.96 bits per heavy atom. The molecule has 1 amide bonds. The van der Waals surface area contributed by atoms with Gasteiger partial charge in [0.15, 0.2) is 0 Å². The lowest BCUT2D eigenvalue weighted by atomic mass is 10.0. The van der Waals surface area contributed by atoms with Crippen LogP contribution in [-0.2, 0) is 4.79 Å². The molecule has 25 heavy (non-hydrogen) atoms. The number of aryl methyl sites for hydroxylation is 1. The first-order chi connectivity index (χ1) is 12.1. The molecule has 1 saturated heterocycles. The number of hydrogen-bond acceptors (Lipinski definition) is 4. The van der Waals surface area contributed by atoms with Gasteiger partial charge in [0, 0.05) is 36.5 Å². The lowest BCUT2D eigenvalue weighted by Crippen LogP contribution is -2.45. The topological polar surface area (TPSA) is 54.5 Å². The van der Waals surface area contributed by atoms with E-state index in [0.29, 0.717) is 6.04 Å². The summed E-state index contributed by atoms with van der Waals surface area (Å²) >= 11 is 0. The van der Waals surface area contributed by atoms with Gasteiger partial charge in [0.05, 0.1) is 12.6 Å². The van der Waals surface area contributed by atoms with Crippen molar-refractivity contribution >= 4 is 22.6 Å². The normalized spacial score (nSPS) is 18.4. The van der Waals surface area contributed by atoms with Gasteiger partial charge in [-0.15, -0.1) is 0 Å². The first kappa shape index (κ1) is 16.2. The number of pyridine rings is 1. The molecule has 5 nitrogen and oxygen atoms in total. The Hall–Kier alpha value is -2.30. The van der Waals surface area contributed by atoms with Crippen molar-refractivity contribution in [1.82, 2.24) is 10.3 Å². The molecule has 132 valence electrons. The number of amides is 1. The number of nitrogens with zero attached hydrogens (tertiary/aromatic N) is 2. The standard InChI is InChI=1S/C20H25N3O2/c1-13-11-19(22-18-12-16(25-2)5-6-17(13)18)23-9-7-15(8-10-23)21-20(24)14-3-4-14/h5-6,11-12,14-15H,3-4,7-10H2,1-2H3,(H,21,24). The summed E-state index contributed by atoms with van der Waals surface area (Å²) in [5.41, 5.74) is 2.20. The van der Waals surface area contributed by atoms with Crippen LogP contribution in [0.3, 0.4) is 0 Å². The smallest absolute Gasteiger partial charge is 0.223 e. The van der Waals surface area contributed by atoms with Crippen LogP contribution in [0.5, 0.6) is 5.75 Å². The lowest BCUT2D eigenvalue weighted by molar-refractivity contribution is -0.123. The van der Waals surface area contributed by atoms with E-state index in [2.05, 4.69) is 29.3 Å². The molecule has 1 aliphatic carbocycles. The maximum Gasteiger partial charge on any atom is 0.223 e. The van der Waals surface area contributed by atoms with E-state index >= 15 is 0 Å². The average Bonchev–Trinajstić information content (AvgIpc) is 3.47. The number of methoxy groups -OCH3 is 1. The van der Waals surface area contributed by atoms with Crippen LogP contribution in [0.1, 0.15) is 31.2 Å². The zero-order valence-electron chi connectivity index (χ0n) is 14.9. The Bertz CT molecular complexity index is 793. The summed E-state index contributed by atoms with van der Waals surface area (Å²) in [4.78, 5) is 19.1. The highest BCUT2D eigenvalue weighted by Gasteiger charge is 2.31. The SMILES string of the molecule is COc1ccc2c(C)cc(N3CCC(NC(=O)C4CC4)CC3)nc2c1. The van der Waals surface area contributed by atoms with Crippen LogP contribution in [0.15, 0.2) is 24.3 Å². The molecular formula is C20H25N3O2. The molecular weight excluding hydrogens is 314 g/mol. The zero-order chi connectivity index (χ0) is 17.4. The second kappa shape index (κ2) is 6.54. The number of piperidine rings is 1. The van der Waals surface area contributed by atoms with E-state index in [4.69, 9.17) is 9.72 Å². The minimum Gasteiger partial charge on any atom is -0.497 e. The molecule has 0 bridgehead atoms. The Kier molecular flexibility index (Phi) is 4.24. The molecule has 1 aromatic carbocycles. The van der Waals surface area contributed by atoms with Crippen molar-refractivity contribution in [2.45, 2.75) is 38.6 Å². The van der Waals surface area contributed by atoms with E-state index in [-0.39, 0.29) is 11.8 Å². The fraction of sp³-hybridized carbons (Fsp3) is 0.500. The van der Waals surface area contributed by atoms with Crippen LogP contribution >= 0.6 is 0 Å². The first-order valence-electron chi connectivity index (χ1n) is 9.15. The van der Waals surface area contributed by atoms with Crippen molar-refractivity contribution in [3.05, 3.63) is 29.8 Å². The van der Waals surface area contributed by atoms with E-state index in [9.17, 15) is 4.79 Å². The van der Waals surface area contributed by atoms with Gasteiger partial charge in [-0.3, -0.25) is 4.79 Å². The fourth-order valence-electron chi connectivity index (χ4n) is 3.57. The number of ether oxygens (including phenoxy) is 1. The van der Waals surface area contributed by atoms with E-state index in [1.54, 1.807) is 7.11 Å². The molecule has 1 aliphatic heterocycles. The third-order valence-electron chi connectivity index (χ3n) is 5.32. The Balaban J connectivity index is 1.47. The summed E-state index contributed by atoms with van der Waals surface area (Å²) in [6, 6.07) is 8.52. The van der Waals surface area contributed by atoms with Crippen molar-refractivity contribution in [2.75, 3.05) is 25.1 Å². The van der Waals surface area contributed by atoms with Crippen LogP contribution in [0.4, 0.5) is 5.82 Å². The molecule has 0 spiro atoms. The molecule has 0 atom stereocenters. The fourth-order valence-corrected chi connectivity index (χ4v) is 3.57. The minimum atomic E-state index is 0.255. The molecule has 2 aliphatic rings. The number of aromatic nitrogens is 1. The quantitative estimate of drug-likeness (QED) is 0.930. The molecule has 2 aromatic rings. The van der Waals surface area contributed by atoms with Crippen LogP contribution in [-0.4, -0.2) is 37.1 Å². The van der Waals surface area contributed by atoms with Gasteiger partial charge in [-0.05, 0) is 56.4 Å². The Morgan fingerprint density at radius 3 is 2.64 bits per heavy atom. The minimum absolute atomic E-state index is 0.255. The molecule has 4 rings (SSSR count). The second-order valence-electron chi connectivity index (χ2n) is 7.22. The zero-order valence-corrected chi connectivity index (χ0v) is 14.9. The third kappa shape index (κ3) is 3.41. The van der Waals surface area contributed by atoms with Crippen LogP contribution in [0.25, 0.3) is 10.9 Å². The Morgan fingerprint density at radius 1 is 1.20 bits per heavy atom. The Labute approximate surface area is 148 Å². The van der Waals surface area contributed by atoms with E-state index in [0.717, 1.165) is 61.2 Å². The van der Waals surface area contributed by atoms with Crippen molar-refractivity contribution in [3.8, 4) is 5.75 Å². The summed E-state index contributed by atoms with van der Waals surface area (Å²) in [6.07, 6.45) is 4.09. The van der Waals surface area contributed by atoms with Crippen molar-refractivity contribution < 1.29 is 9.53 Å². The van der Waals surface area contributed by atoms with Gasteiger partial charge in [0.25, 0.3) is 0 Å². The first-order valence-corrected chi connectivity index (χ1v) is 9.15. The number of benzene rings is 1. The van der Waals surface area contributed by atoms with Crippen LogP contribution in [0, 0.1) is 12.8 Å². The molecule has 0 radical (unpaired) electrons. The van der Waals surface area contributed by atoms with E-state index < -0.39 is 0 Å². The highest BCUT2D eigenvalue weighted by Crippen LogP contribution is 2.30. The van der Waals surface area contributed by atoms with E-state index in [1.807, 2.05) is 12.1 Å². The monoisotopic (exact) mass is 339 g/mol. The summed E-state index contributed by atoms with van der Waals surface area (Å²) in [5, 5.41) is 4.37. The highest BCUT2D eigenvalue weighted by atomic mass is 16.5. The van der Waals surface area contributed by atoms with Gasteiger partial charge in [0.1, 0.15) is 11.6 Å². The maximum absolute atomic E-state index is 11.9. The van der Waals surface area contributed by atoms with Crippen molar-refractivity contribution in [2.24, 2.45) is 5.92 Å². The molecule has 2 fully saturated rings. The van der Waals surface area contributed by atoms with Gasteiger partial charge >= 0.3 is 0 Å². The summed E-state index contributed by atoms with van der Waals surface area (Å²) in [5.74, 6) is 2.39. The van der Waals surface area contributed by atoms with Crippen LogP contribution < -0.4 is 15.0 Å². The van der Waals surface area contributed by atoms with Crippen LogP contribution in [0.2, 0.25) is 0 Å². The van der Waals surface area contributed by atoms with Crippen molar-refractivity contribution in [1.29, 1.82) is 0 Å². The number of carbonyl (C=O) groups excluding carboxylic acids is 1. The summed E-state index contributed by atoms with van der Waals surface area (Å²) < 4.78 is 5.33. The molecule has 0 unspecified atom stereocenters. The van der Waals surface area contributed by atoms with E-state index in [1.165, 1.54) is 5.56 Å². The summed E-state index contributed by atoms with van der Waals surface area (Å²) in [7, 11) is 1.68. The number of rotatable bonds is 4. The van der Waals surface area contributed by atoms with Gasteiger partial charge in [-0.25, -0.2) is 4.98 Å². The lowest BCUT2D eigenvalue weighted by Gasteiger charge is -2.33. The van der Waals surface area contributed by atoms with Crippen molar-refractivity contribution in [3.63, 3.8) is 0 Å². The third-order valence-corrected chi connectivity index (χ3v) is 5.32. The average molecular weight is 339 g/mol. The molecule has 1 aromatic heterocycles. The maximum atomic E-state index is 11.9. The second-order valence-corrected chi connectivity index (χ2v) is 7.22. The molecule has 1 saturated carbocycles. The van der Waals surface area contributed by atoms with Gasteiger partial charge in [-0.1, -0.05) is 0 Å². The number of nitrogens with one attached hydrogen (secondary N) is 1.